The third kappa shape index (κ3) is 4.54. The molecule has 0 unspecified atom stereocenters. The van der Waals surface area contributed by atoms with Gasteiger partial charge < -0.3 is 20.1 Å². The first kappa shape index (κ1) is 20.5. The molecule has 0 spiro atoms. The summed E-state index contributed by atoms with van der Waals surface area (Å²) in [6.07, 6.45) is 4.25. The fourth-order valence-electron chi connectivity index (χ4n) is 4.22. The lowest BCUT2D eigenvalue weighted by Gasteiger charge is -2.31. The molecule has 7 heteroatoms. The minimum absolute atomic E-state index is 0.0808. The Hall–Kier alpha value is -2.73. The maximum atomic E-state index is 12.4. The number of rotatable bonds is 6. The van der Waals surface area contributed by atoms with Crippen molar-refractivity contribution in [3.63, 3.8) is 0 Å². The third-order valence-corrected chi connectivity index (χ3v) is 6.07. The maximum absolute atomic E-state index is 12.4. The van der Waals surface area contributed by atoms with E-state index in [1.165, 1.54) is 0 Å². The molecule has 2 aromatic carbocycles. The van der Waals surface area contributed by atoms with Gasteiger partial charge >= 0.3 is 0 Å². The van der Waals surface area contributed by atoms with Crippen molar-refractivity contribution in [2.45, 2.75) is 31.1 Å². The van der Waals surface area contributed by atoms with E-state index in [0.717, 1.165) is 42.7 Å². The van der Waals surface area contributed by atoms with Crippen LogP contribution >= 0.6 is 11.6 Å². The topological polar surface area (TPSA) is 76.7 Å². The van der Waals surface area contributed by atoms with Crippen molar-refractivity contribution < 1.29 is 19.1 Å². The molecule has 1 aliphatic heterocycles. The van der Waals surface area contributed by atoms with Crippen molar-refractivity contribution in [2.75, 3.05) is 26.3 Å². The van der Waals surface area contributed by atoms with E-state index in [0.29, 0.717) is 30.3 Å². The van der Waals surface area contributed by atoms with Gasteiger partial charge in [0.2, 0.25) is 5.91 Å². The number of hydrogen-bond acceptors (Lipinski definition) is 4. The van der Waals surface area contributed by atoms with E-state index in [2.05, 4.69) is 16.7 Å². The van der Waals surface area contributed by atoms with Crippen LogP contribution in [0.4, 0.5) is 0 Å². The van der Waals surface area contributed by atoms with Gasteiger partial charge in [-0.1, -0.05) is 36.6 Å². The van der Waals surface area contributed by atoms with Crippen LogP contribution in [0.1, 0.15) is 41.6 Å². The first-order chi connectivity index (χ1) is 14.6. The molecule has 0 aromatic heterocycles. The molecule has 30 heavy (non-hydrogen) atoms. The Morgan fingerprint density at radius 3 is 2.50 bits per heavy atom. The number of hydrogen-bond donors (Lipinski definition) is 2. The quantitative estimate of drug-likeness (QED) is 0.738. The van der Waals surface area contributed by atoms with Crippen molar-refractivity contribution in [1.29, 1.82) is 0 Å². The number of ether oxygens (including phenoxy) is 2. The first-order valence-electron chi connectivity index (χ1n) is 10.3. The van der Waals surface area contributed by atoms with Gasteiger partial charge in [-0.2, -0.15) is 0 Å². The van der Waals surface area contributed by atoms with Crippen molar-refractivity contribution in [2.24, 2.45) is 0 Å². The van der Waals surface area contributed by atoms with Gasteiger partial charge in [-0.15, -0.1) is 0 Å². The van der Waals surface area contributed by atoms with E-state index in [1.807, 2.05) is 12.1 Å². The molecule has 6 nitrogen and oxygen atoms in total. The van der Waals surface area contributed by atoms with Crippen LogP contribution in [-0.4, -0.2) is 38.1 Å². The monoisotopic (exact) mass is 428 g/mol. The minimum atomic E-state index is -0.324. The standard InChI is InChI=1S/C23H25ClN2O4/c24-18-5-3-4-16(12-18)22(28)25-14-21(27)26-15-23(8-1-2-9-23)17-6-7-19-20(13-17)30-11-10-29-19/h3-7,12-13H,1-2,8-11,14-15H2,(H,25,28)(H,26,27). The summed E-state index contributed by atoms with van der Waals surface area (Å²) in [5, 5.41) is 6.14. The molecule has 2 aliphatic rings. The molecule has 0 bridgehead atoms. The summed E-state index contributed by atoms with van der Waals surface area (Å²) in [6.45, 7) is 1.56. The average Bonchev–Trinajstić information content (AvgIpc) is 3.26. The summed E-state index contributed by atoms with van der Waals surface area (Å²) in [5.41, 5.74) is 1.47. The van der Waals surface area contributed by atoms with Crippen LogP contribution in [-0.2, 0) is 10.2 Å². The van der Waals surface area contributed by atoms with E-state index < -0.39 is 0 Å². The smallest absolute Gasteiger partial charge is 0.251 e. The zero-order valence-corrected chi connectivity index (χ0v) is 17.5. The molecule has 1 aliphatic carbocycles. The third-order valence-electron chi connectivity index (χ3n) is 5.84. The average molecular weight is 429 g/mol. The van der Waals surface area contributed by atoms with Crippen molar-refractivity contribution in [3.8, 4) is 11.5 Å². The minimum Gasteiger partial charge on any atom is -0.486 e. The maximum Gasteiger partial charge on any atom is 0.251 e. The summed E-state index contributed by atoms with van der Waals surface area (Å²) in [5.74, 6) is 1.00. The Morgan fingerprint density at radius 1 is 0.967 bits per heavy atom. The highest BCUT2D eigenvalue weighted by atomic mass is 35.5. The lowest BCUT2D eigenvalue weighted by Crippen LogP contribution is -2.43. The van der Waals surface area contributed by atoms with Crippen LogP contribution in [0.3, 0.4) is 0 Å². The van der Waals surface area contributed by atoms with Crippen molar-refractivity contribution in [3.05, 3.63) is 58.6 Å². The van der Waals surface area contributed by atoms with Gasteiger partial charge in [0.25, 0.3) is 5.91 Å². The predicted octanol–water partition coefficient (Wildman–Crippen LogP) is 3.47. The predicted molar refractivity (Wildman–Crippen MR) is 114 cm³/mol. The highest BCUT2D eigenvalue weighted by molar-refractivity contribution is 6.30. The number of nitrogens with one attached hydrogen (secondary N) is 2. The molecule has 1 saturated carbocycles. The Balaban J connectivity index is 1.37. The summed E-state index contributed by atoms with van der Waals surface area (Å²) in [7, 11) is 0. The van der Waals surface area contributed by atoms with Gasteiger partial charge in [-0.3, -0.25) is 9.59 Å². The summed E-state index contributed by atoms with van der Waals surface area (Å²) < 4.78 is 11.4. The van der Waals surface area contributed by atoms with E-state index in [1.54, 1.807) is 24.3 Å². The van der Waals surface area contributed by atoms with Gasteiger partial charge in [0, 0.05) is 22.5 Å². The molecule has 2 aromatic rings. The number of fused-ring (bicyclic) bond motifs is 1. The lowest BCUT2D eigenvalue weighted by atomic mass is 9.78. The van der Waals surface area contributed by atoms with E-state index >= 15 is 0 Å². The Bertz CT molecular complexity index is 941. The molecule has 158 valence electrons. The molecular formula is C23H25ClN2O4. The van der Waals surface area contributed by atoms with Crippen LogP contribution in [0.25, 0.3) is 0 Å². The Morgan fingerprint density at radius 2 is 1.73 bits per heavy atom. The summed E-state index contributed by atoms with van der Waals surface area (Å²) in [6, 6.07) is 12.7. The fraction of sp³-hybridized carbons (Fsp3) is 0.391. The molecule has 0 saturated heterocycles. The Kier molecular flexibility index (Phi) is 6.13. The first-order valence-corrected chi connectivity index (χ1v) is 10.6. The molecule has 2 N–H and O–H groups in total. The number of halogens is 1. The Labute approximate surface area is 180 Å². The number of benzene rings is 2. The highest BCUT2D eigenvalue weighted by Crippen LogP contribution is 2.43. The molecule has 1 heterocycles. The summed E-state index contributed by atoms with van der Waals surface area (Å²) in [4.78, 5) is 24.6. The second-order valence-electron chi connectivity index (χ2n) is 7.82. The van der Waals surface area contributed by atoms with Crippen LogP contribution in [0, 0.1) is 0 Å². The summed E-state index contributed by atoms with van der Waals surface area (Å²) >= 11 is 5.92. The van der Waals surface area contributed by atoms with Crippen LogP contribution in [0.5, 0.6) is 11.5 Å². The largest absolute Gasteiger partial charge is 0.486 e. The lowest BCUT2D eigenvalue weighted by molar-refractivity contribution is -0.120. The van der Waals surface area contributed by atoms with Crippen molar-refractivity contribution >= 4 is 23.4 Å². The van der Waals surface area contributed by atoms with Crippen LogP contribution in [0.15, 0.2) is 42.5 Å². The molecule has 4 rings (SSSR count). The molecule has 1 fully saturated rings. The van der Waals surface area contributed by atoms with Gasteiger partial charge in [-0.05, 0) is 48.7 Å². The molecular weight excluding hydrogens is 404 g/mol. The van der Waals surface area contributed by atoms with Gasteiger partial charge in [0.15, 0.2) is 11.5 Å². The van der Waals surface area contributed by atoms with Crippen LogP contribution in [0.2, 0.25) is 5.02 Å². The normalized spacial score (nSPS) is 16.7. The van der Waals surface area contributed by atoms with Gasteiger partial charge in [0.05, 0.1) is 6.54 Å². The second kappa shape index (κ2) is 8.96. The molecule has 0 atom stereocenters. The van der Waals surface area contributed by atoms with Gasteiger partial charge in [-0.25, -0.2) is 0 Å². The molecule has 2 amide bonds. The molecule has 0 radical (unpaired) electrons. The fourth-order valence-corrected chi connectivity index (χ4v) is 4.41. The number of carbonyl (C=O) groups is 2. The number of carbonyl (C=O) groups excluding carboxylic acids is 2. The number of amides is 2. The van der Waals surface area contributed by atoms with E-state index in [4.69, 9.17) is 21.1 Å². The highest BCUT2D eigenvalue weighted by Gasteiger charge is 2.36. The second-order valence-corrected chi connectivity index (χ2v) is 8.25. The van der Waals surface area contributed by atoms with E-state index in [-0.39, 0.29) is 23.8 Å². The van der Waals surface area contributed by atoms with E-state index in [9.17, 15) is 9.59 Å². The zero-order valence-electron chi connectivity index (χ0n) is 16.7. The van der Waals surface area contributed by atoms with Gasteiger partial charge in [0.1, 0.15) is 13.2 Å². The van der Waals surface area contributed by atoms with Crippen LogP contribution < -0.4 is 20.1 Å². The SMILES string of the molecule is O=C(CNC(=O)c1cccc(Cl)c1)NCC1(c2ccc3c(c2)OCCO3)CCCC1. The van der Waals surface area contributed by atoms with Crippen molar-refractivity contribution in [1.82, 2.24) is 10.6 Å². The zero-order chi connectivity index (χ0) is 21.0.